The summed E-state index contributed by atoms with van der Waals surface area (Å²) < 4.78 is 0. The first-order valence-electron chi connectivity index (χ1n) is 8.58. The Hall–Kier alpha value is -2.40. The van der Waals surface area contributed by atoms with Crippen LogP contribution in [0.25, 0.3) is 22.2 Å². The molecule has 5 nitrogen and oxygen atoms in total. The summed E-state index contributed by atoms with van der Waals surface area (Å²) in [5.74, 6) is 2.33. The lowest BCUT2D eigenvalue weighted by molar-refractivity contribution is -0.377. The monoisotopic (exact) mass is 323 g/mol. The first-order valence-corrected chi connectivity index (χ1v) is 8.58. The number of piperidine rings is 1. The molecule has 0 radical (unpaired) electrons. The number of aliphatic hydroxyl groups excluding tert-OH is 1. The molecular weight excluding hydrogens is 300 g/mol. The zero-order valence-electron chi connectivity index (χ0n) is 13.9. The van der Waals surface area contributed by atoms with Crippen molar-refractivity contribution in [1.82, 2.24) is 9.97 Å². The molecule has 1 aromatic carbocycles. The predicted octanol–water partition coefficient (Wildman–Crippen LogP) is 2.56. The second-order valence-corrected chi connectivity index (χ2v) is 6.60. The minimum Gasteiger partial charge on any atom is -0.396 e. The fourth-order valence-electron chi connectivity index (χ4n) is 3.63. The van der Waals surface area contributed by atoms with Gasteiger partial charge in [0.1, 0.15) is 0 Å². The standard InChI is InChI=1S/C19H22N4O/c1-13-21-17-16(15-7-3-2-4-8-15)10-20-18(17)19(22-13)23-9-5-6-14(11-23)12-24/h2-4,7-8,10,14,20,24H,5-6,9,11-12H2,1H3/p+1. The van der Waals surface area contributed by atoms with Gasteiger partial charge in [0.15, 0.2) is 11.0 Å². The van der Waals surface area contributed by atoms with E-state index >= 15 is 0 Å². The summed E-state index contributed by atoms with van der Waals surface area (Å²) in [5, 5.41) is 9.52. The molecule has 0 amide bonds. The quantitative estimate of drug-likeness (QED) is 0.778. The fraction of sp³-hybridized carbons (Fsp3) is 0.368. The van der Waals surface area contributed by atoms with Gasteiger partial charge in [0, 0.05) is 31.2 Å². The van der Waals surface area contributed by atoms with Gasteiger partial charge in [-0.25, -0.2) is 4.98 Å². The number of nitrogens with zero attached hydrogens (tertiary/aromatic N) is 2. The molecule has 3 heterocycles. The summed E-state index contributed by atoms with van der Waals surface area (Å²) >= 11 is 0. The third-order valence-corrected chi connectivity index (χ3v) is 4.85. The average Bonchev–Trinajstić information content (AvgIpc) is 3.05. The number of aromatic nitrogens is 3. The van der Waals surface area contributed by atoms with E-state index in [0.717, 1.165) is 54.2 Å². The van der Waals surface area contributed by atoms with E-state index in [-0.39, 0.29) is 6.61 Å². The second-order valence-electron chi connectivity index (χ2n) is 6.60. The van der Waals surface area contributed by atoms with Crippen LogP contribution in [0.5, 0.6) is 0 Å². The highest BCUT2D eigenvalue weighted by molar-refractivity contribution is 5.96. The molecule has 0 spiro atoms. The Morgan fingerprint density at radius 1 is 1.33 bits per heavy atom. The highest BCUT2D eigenvalue weighted by Gasteiger charge is 2.28. The molecule has 0 saturated carbocycles. The number of hydrogen-bond acceptors (Lipinski definition) is 3. The van der Waals surface area contributed by atoms with E-state index in [1.807, 2.05) is 31.3 Å². The Kier molecular flexibility index (Phi) is 3.94. The maximum atomic E-state index is 9.52. The predicted molar refractivity (Wildman–Crippen MR) is 94.8 cm³/mol. The Balaban J connectivity index is 1.81. The number of benzene rings is 1. The van der Waals surface area contributed by atoms with Crippen molar-refractivity contribution in [2.75, 3.05) is 24.6 Å². The summed E-state index contributed by atoms with van der Waals surface area (Å²) in [6, 6.07) is 10.3. The van der Waals surface area contributed by atoms with Crippen LogP contribution in [0.15, 0.2) is 36.5 Å². The lowest BCUT2D eigenvalue weighted by Gasteiger charge is -2.28. The number of hydrogen-bond donors (Lipinski definition) is 2. The third kappa shape index (κ3) is 2.65. The van der Waals surface area contributed by atoms with E-state index in [1.54, 1.807) is 0 Å². The number of rotatable bonds is 3. The Morgan fingerprint density at radius 3 is 2.96 bits per heavy atom. The van der Waals surface area contributed by atoms with Gasteiger partial charge in [-0.2, -0.15) is 0 Å². The average molecular weight is 323 g/mol. The summed E-state index contributed by atoms with van der Waals surface area (Å²) in [7, 11) is 0. The molecule has 1 unspecified atom stereocenters. The summed E-state index contributed by atoms with van der Waals surface area (Å²) in [6.07, 6.45) is 4.24. The van der Waals surface area contributed by atoms with E-state index in [1.165, 1.54) is 5.56 Å². The van der Waals surface area contributed by atoms with Gasteiger partial charge < -0.3 is 10.1 Å². The van der Waals surface area contributed by atoms with Gasteiger partial charge >= 0.3 is 0 Å². The maximum absolute atomic E-state index is 9.52. The minimum atomic E-state index is 0.254. The third-order valence-electron chi connectivity index (χ3n) is 4.85. The van der Waals surface area contributed by atoms with Crippen molar-refractivity contribution in [1.29, 1.82) is 0 Å². The Labute approximate surface area is 141 Å². The van der Waals surface area contributed by atoms with Crippen molar-refractivity contribution in [2.45, 2.75) is 19.8 Å². The van der Waals surface area contributed by atoms with Crippen LogP contribution in [0.1, 0.15) is 18.7 Å². The van der Waals surface area contributed by atoms with Gasteiger partial charge in [-0.05, 0) is 18.4 Å². The molecule has 1 aliphatic rings. The first kappa shape index (κ1) is 15.1. The zero-order valence-corrected chi connectivity index (χ0v) is 13.9. The normalized spacial score (nSPS) is 18.2. The summed E-state index contributed by atoms with van der Waals surface area (Å²) in [5.41, 5.74) is 4.33. The topological polar surface area (TPSA) is 66.3 Å². The van der Waals surface area contributed by atoms with Gasteiger partial charge in [0.2, 0.25) is 11.6 Å². The molecule has 0 bridgehead atoms. The lowest BCUT2D eigenvalue weighted by Crippen LogP contribution is -2.40. The summed E-state index contributed by atoms with van der Waals surface area (Å²) in [6.45, 7) is 4.14. The fourth-order valence-corrected chi connectivity index (χ4v) is 3.63. The molecule has 3 N–H and O–H groups in total. The number of anilines is 1. The van der Waals surface area contributed by atoms with Crippen molar-refractivity contribution >= 4 is 16.9 Å². The van der Waals surface area contributed by atoms with Gasteiger partial charge in [0.05, 0.1) is 13.1 Å². The van der Waals surface area contributed by atoms with E-state index in [0.29, 0.717) is 5.92 Å². The molecule has 0 aliphatic carbocycles. The van der Waals surface area contributed by atoms with Crippen LogP contribution in [0.4, 0.5) is 5.82 Å². The van der Waals surface area contributed by atoms with Crippen molar-refractivity contribution in [2.24, 2.45) is 5.92 Å². The molecule has 5 heteroatoms. The molecule has 4 rings (SSSR count). The molecule has 1 fully saturated rings. The van der Waals surface area contributed by atoms with Crippen LogP contribution in [0.2, 0.25) is 0 Å². The number of aromatic amines is 2. The van der Waals surface area contributed by atoms with Crippen LogP contribution in [0, 0.1) is 12.8 Å². The van der Waals surface area contributed by atoms with E-state index < -0.39 is 0 Å². The van der Waals surface area contributed by atoms with Gasteiger partial charge in [-0.3, -0.25) is 4.90 Å². The van der Waals surface area contributed by atoms with Crippen LogP contribution in [0.3, 0.4) is 0 Å². The molecule has 1 aliphatic heterocycles. The number of H-pyrrole nitrogens is 2. The van der Waals surface area contributed by atoms with Crippen LogP contribution >= 0.6 is 0 Å². The Morgan fingerprint density at radius 2 is 2.17 bits per heavy atom. The molecule has 1 saturated heterocycles. The van der Waals surface area contributed by atoms with Crippen molar-refractivity contribution in [3.05, 3.63) is 42.4 Å². The molecule has 24 heavy (non-hydrogen) atoms. The molecule has 2 aromatic heterocycles. The van der Waals surface area contributed by atoms with Crippen molar-refractivity contribution in [3.8, 4) is 11.1 Å². The molecular formula is C19H23N4O+. The Bertz CT molecular complexity index is 843. The largest absolute Gasteiger partial charge is 0.396 e. The smallest absolute Gasteiger partial charge is 0.249 e. The zero-order chi connectivity index (χ0) is 16.5. The van der Waals surface area contributed by atoms with E-state index in [9.17, 15) is 5.11 Å². The highest BCUT2D eigenvalue weighted by Crippen LogP contribution is 2.31. The van der Waals surface area contributed by atoms with Gasteiger partial charge in [0.25, 0.3) is 0 Å². The number of nitrogens with one attached hydrogen (secondary N) is 2. The van der Waals surface area contributed by atoms with E-state index in [4.69, 9.17) is 4.98 Å². The van der Waals surface area contributed by atoms with E-state index in [2.05, 4.69) is 27.0 Å². The van der Waals surface area contributed by atoms with Crippen LogP contribution in [-0.2, 0) is 0 Å². The van der Waals surface area contributed by atoms with Crippen LogP contribution < -0.4 is 9.88 Å². The minimum absolute atomic E-state index is 0.254. The molecule has 3 aromatic rings. The second kappa shape index (κ2) is 6.24. The van der Waals surface area contributed by atoms with Gasteiger partial charge in [-0.15, -0.1) is 4.98 Å². The SMILES string of the molecule is Cc1nc2c(-c3ccccc3)c[nH]c2c(N2CCCC(CO)C2)[nH+]1. The number of fused-ring (bicyclic) bond motifs is 1. The number of aryl methyl sites for hydroxylation is 1. The lowest BCUT2D eigenvalue weighted by atomic mass is 9.99. The highest BCUT2D eigenvalue weighted by atomic mass is 16.3. The first-order chi connectivity index (χ1) is 11.8. The van der Waals surface area contributed by atoms with Crippen molar-refractivity contribution < 1.29 is 10.1 Å². The number of aliphatic hydroxyl groups is 1. The summed E-state index contributed by atoms with van der Waals surface area (Å²) in [4.78, 5) is 13.9. The maximum Gasteiger partial charge on any atom is 0.249 e. The van der Waals surface area contributed by atoms with Gasteiger partial charge in [-0.1, -0.05) is 30.3 Å². The molecule has 124 valence electrons. The van der Waals surface area contributed by atoms with Crippen LogP contribution in [-0.4, -0.2) is 34.8 Å². The van der Waals surface area contributed by atoms with Crippen molar-refractivity contribution in [3.63, 3.8) is 0 Å². The molecule has 1 atom stereocenters.